The van der Waals surface area contributed by atoms with E-state index in [0.29, 0.717) is 5.69 Å². The molecule has 0 spiro atoms. The molecule has 3 rings (SSSR count). The van der Waals surface area contributed by atoms with Crippen molar-refractivity contribution in [2.75, 3.05) is 10.6 Å². The topological polar surface area (TPSA) is 66.0 Å². The average molecular weight is 378 g/mol. The minimum atomic E-state index is -4.46. The highest BCUT2D eigenvalue weighted by atomic mass is 19.4. The van der Waals surface area contributed by atoms with Crippen LogP contribution in [-0.2, 0) is 6.18 Å². The number of urea groups is 1. The number of rotatable bonds is 4. The van der Waals surface area contributed by atoms with E-state index in [1.165, 1.54) is 36.9 Å². The largest absolute Gasteiger partial charge is 0.418 e. The molecule has 0 atom stereocenters. The number of para-hydroxylation sites is 1. The van der Waals surface area contributed by atoms with Gasteiger partial charge >= 0.3 is 12.2 Å². The second-order valence-corrected chi connectivity index (χ2v) is 6.53. The standard InChI is InChI=1S/C19H21F3N4O/c20-19(21,22)15-8-4-5-9-16(15)26-17-11-10-14(12-23-17)25-18(27)24-13-6-2-1-3-7-13/h4-5,8-13H,1-3,6-7H2,(H,23,26)(H2,24,25,27). The van der Waals surface area contributed by atoms with Crippen molar-refractivity contribution >= 4 is 23.2 Å². The Balaban J connectivity index is 1.60. The Labute approximate surface area is 155 Å². The molecule has 27 heavy (non-hydrogen) atoms. The van der Waals surface area contributed by atoms with Gasteiger partial charge in [0.1, 0.15) is 5.82 Å². The first-order valence-electron chi connectivity index (χ1n) is 8.88. The summed E-state index contributed by atoms with van der Waals surface area (Å²) in [6.45, 7) is 0. The van der Waals surface area contributed by atoms with Gasteiger partial charge in [0.2, 0.25) is 0 Å². The number of carbonyl (C=O) groups excluding carboxylic acids is 1. The maximum absolute atomic E-state index is 13.0. The first-order valence-corrected chi connectivity index (χ1v) is 8.88. The number of nitrogens with zero attached hydrogens (tertiary/aromatic N) is 1. The van der Waals surface area contributed by atoms with Crippen LogP contribution in [0.15, 0.2) is 42.6 Å². The molecule has 0 aliphatic heterocycles. The van der Waals surface area contributed by atoms with Crippen LogP contribution in [0.5, 0.6) is 0 Å². The van der Waals surface area contributed by atoms with Crippen LogP contribution in [0.4, 0.5) is 35.2 Å². The van der Waals surface area contributed by atoms with Gasteiger partial charge in [-0.2, -0.15) is 13.2 Å². The maximum atomic E-state index is 13.0. The van der Waals surface area contributed by atoms with Gasteiger partial charge in [-0.15, -0.1) is 0 Å². The summed E-state index contributed by atoms with van der Waals surface area (Å²) < 4.78 is 39.1. The third-order valence-electron chi connectivity index (χ3n) is 4.46. The normalized spacial score (nSPS) is 15.2. The van der Waals surface area contributed by atoms with Crippen LogP contribution in [0, 0.1) is 0 Å². The number of amides is 2. The van der Waals surface area contributed by atoms with Gasteiger partial charge in [-0.1, -0.05) is 31.4 Å². The Kier molecular flexibility index (Phi) is 5.83. The van der Waals surface area contributed by atoms with E-state index in [0.717, 1.165) is 31.7 Å². The number of hydrogen-bond acceptors (Lipinski definition) is 3. The van der Waals surface area contributed by atoms with E-state index in [1.54, 1.807) is 6.07 Å². The molecule has 144 valence electrons. The fourth-order valence-electron chi connectivity index (χ4n) is 3.12. The molecule has 1 saturated carbocycles. The lowest BCUT2D eigenvalue weighted by molar-refractivity contribution is -0.136. The van der Waals surface area contributed by atoms with E-state index in [9.17, 15) is 18.0 Å². The molecule has 1 heterocycles. The van der Waals surface area contributed by atoms with Gasteiger partial charge in [-0.25, -0.2) is 9.78 Å². The summed E-state index contributed by atoms with van der Waals surface area (Å²) in [6, 6.07) is 8.19. The summed E-state index contributed by atoms with van der Waals surface area (Å²) >= 11 is 0. The summed E-state index contributed by atoms with van der Waals surface area (Å²) in [5.41, 5.74) is -0.368. The zero-order valence-electron chi connectivity index (χ0n) is 14.6. The summed E-state index contributed by atoms with van der Waals surface area (Å²) in [5.74, 6) is 0.255. The van der Waals surface area contributed by atoms with E-state index in [4.69, 9.17) is 0 Å². The molecule has 0 bridgehead atoms. The summed E-state index contributed by atoms with van der Waals surface area (Å²) in [6.07, 6.45) is 2.34. The molecule has 5 nitrogen and oxygen atoms in total. The van der Waals surface area contributed by atoms with Crippen LogP contribution in [0.25, 0.3) is 0 Å². The SMILES string of the molecule is O=C(Nc1ccc(Nc2ccccc2C(F)(F)F)nc1)NC1CCCCC1. The van der Waals surface area contributed by atoms with Crippen molar-refractivity contribution in [2.24, 2.45) is 0 Å². The number of aromatic nitrogens is 1. The third-order valence-corrected chi connectivity index (χ3v) is 4.46. The Morgan fingerprint density at radius 3 is 2.44 bits per heavy atom. The van der Waals surface area contributed by atoms with Gasteiger partial charge in [0.05, 0.1) is 23.1 Å². The van der Waals surface area contributed by atoms with E-state index in [-0.39, 0.29) is 23.6 Å². The van der Waals surface area contributed by atoms with Crippen LogP contribution in [0.1, 0.15) is 37.7 Å². The first-order chi connectivity index (χ1) is 12.9. The van der Waals surface area contributed by atoms with Gasteiger partial charge in [0.25, 0.3) is 0 Å². The lowest BCUT2D eigenvalue weighted by Gasteiger charge is -2.22. The third kappa shape index (κ3) is 5.35. The van der Waals surface area contributed by atoms with E-state index in [1.807, 2.05) is 0 Å². The summed E-state index contributed by atoms with van der Waals surface area (Å²) in [5, 5.41) is 8.29. The Hall–Kier alpha value is -2.77. The Bertz CT molecular complexity index is 771. The van der Waals surface area contributed by atoms with Crippen molar-refractivity contribution in [2.45, 2.75) is 44.3 Å². The minimum Gasteiger partial charge on any atom is -0.340 e. The molecule has 1 aliphatic carbocycles. The number of alkyl halides is 3. The number of pyridine rings is 1. The van der Waals surface area contributed by atoms with Crippen molar-refractivity contribution in [1.29, 1.82) is 0 Å². The molecule has 2 aromatic rings. The Morgan fingerprint density at radius 1 is 1.04 bits per heavy atom. The van der Waals surface area contributed by atoms with Crippen molar-refractivity contribution in [3.05, 3.63) is 48.2 Å². The fraction of sp³-hybridized carbons (Fsp3) is 0.368. The second-order valence-electron chi connectivity index (χ2n) is 6.53. The summed E-state index contributed by atoms with van der Waals surface area (Å²) in [7, 11) is 0. The van der Waals surface area contributed by atoms with Gasteiger partial charge in [0.15, 0.2) is 0 Å². The minimum absolute atomic E-state index is 0.0757. The zero-order chi connectivity index (χ0) is 19.3. The molecule has 2 amide bonds. The van der Waals surface area contributed by atoms with Crippen molar-refractivity contribution in [1.82, 2.24) is 10.3 Å². The molecule has 0 saturated heterocycles. The zero-order valence-corrected chi connectivity index (χ0v) is 14.6. The van der Waals surface area contributed by atoms with Crippen molar-refractivity contribution < 1.29 is 18.0 Å². The highest BCUT2D eigenvalue weighted by molar-refractivity contribution is 5.89. The molecule has 8 heteroatoms. The lowest BCUT2D eigenvalue weighted by atomic mass is 9.96. The van der Waals surface area contributed by atoms with Crippen LogP contribution in [0.3, 0.4) is 0 Å². The molecule has 3 N–H and O–H groups in total. The number of benzene rings is 1. The monoisotopic (exact) mass is 378 g/mol. The van der Waals surface area contributed by atoms with Gasteiger partial charge in [0, 0.05) is 6.04 Å². The molecule has 0 unspecified atom stereocenters. The second kappa shape index (κ2) is 8.28. The van der Waals surface area contributed by atoms with Crippen LogP contribution in [0.2, 0.25) is 0 Å². The molecule has 1 aromatic heterocycles. The van der Waals surface area contributed by atoms with Crippen molar-refractivity contribution in [3.63, 3.8) is 0 Å². The number of carbonyl (C=O) groups is 1. The molecular weight excluding hydrogens is 357 g/mol. The molecular formula is C19H21F3N4O. The first kappa shape index (κ1) is 19.0. The van der Waals surface area contributed by atoms with Crippen LogP contribution in [-0.4, -0.2) is 17.1 Å². The number of hydrogen-bond donors (Lipinski definition) is 3. The van der Waals surface area contributed by atoms with Crippen molar-refractivity contribution in [3.8, 4) is 0 Å². The van der Waals surface area contributed by atoms with Gasteiger partial charge < -0.3 is 16.0 Å². The Morgan fingerprint density at radius 2 is 1.78 bits per heavy atom. The molecule has 1 aliphatic rings. The van der Waals surface area contributed by atoms with E-state index in [2.05, 4.69) is 20.9 Å². The summed E-state index contributed by atoms with van der Waals surface area (Å²) in [4.78, 5) is 16.1. The highest BCUT2D eigenvalue weighted by Crippen LogP contribution is 2.35. The van der Waals surface area contributed by atoms with E-state index >= 15 is 0 Å². The smallest absolute Gasteiger partial charge is 0.340 e. The number of halogens is 3. The van der Waals surface area contributed by atoms with Gasteiger partial charge in [-0.05, 0) is 37.1 Å². The lowest BCUT2D eigenvalue weighted by Crippen LogP contribution is -2.39. The van der Waals surface area contributed by atoms with Crippen LogP contribution >= 0.6 is 0 Å². The predicted molar refractivity (Wildman–Crippen MR) is 98.0 cm³/mol. The average Bonchev–Trinajstić information content (AvgIpc) is 2.64. The molecule has 0 radical (unpaired) electrons. The quantitative estimate of drug-likeness (QED) is 0.676. The number of nitrogens with one attached hydrogen (secondary N) is 3. The van der Waals surface area contributed by atoms with E-state index < -0.39 is 11.7 Å². The van der Waals surface area contributed by atoms with Crippen LogP contribution < -0.4 is 16.0 Å². The fourth-order valence-corrected chi connectivity index (χ4v) is 3.12. The predicted octanol–water partition coefficient (Wildman–Crippen LogP) is 5.30. The van der Waals surface area contributed by atoms with Gasteiger partial charge in [-0.3, -0.25) is 0 Å². The highest BCUT2D eigenvalue weighted by Gasteiger charge is 2.33. The molecule has 1 fully saturated rings. The number of anilines is 3. The molecule has 1 aromatic carbocycles. The maximum Gasteiger partial charge on any atom is 0.418 e.